The van der Waals surface area contributed by atoms with Gasteiger partial charge in [-0.15, -0.1) is 5.10 Å². The summed E-state index contributed by atoms with van der Waals surface area (Å²) in [5.74, 6) is -0.171. The summed E-state index contributed by atoms with van der Waals surface area (Å²) in [7, 11) is -2.03. The average molecular weight is 327 g/mol. The third-order valence-electron chi connectivity index (χ3n) is 2.88. The average Bonchev–Trinajstić information content (AvgIpc) is 2.48. The number of nitrogens with zero attached hydrogens (tertiary/aromatic N) is 1. The van der Waals surface area contributed by atoms with Gasteiger partial charge in [0.15, 0.2) is 6.61 Å². The number of carbonyl (C=O) groups excluding carboxylic acids is 1. The number of sulfonamides is 1. The molecule has 0 spiro atoms. The lowest BCUT2D eigenvalue weighted by atomic mass is 10.2. The van der Waals surface area contributed by atoms with Gasteiger partial charge in [0, 0.05) is 18.4 Å². The molecule has 0 bridgehead atoms. The molecule has 1 aromatic rings. The van der Waals surface area contributed by atoms with E-state index in [1.165, 1.54) is 7.11 Å². The van der Waals surface area contributed by atoms with Crippen LogP contribution in [0.3, 0.4) is 0 Å². The minimum Gasteiger partial charge on any atom is -0.466 e. The molecule has 1 aliphatic heterocycles. The molecule has 0 aliphatic carbocycles. The summed E-state index contributed by atoms with van der Waals surface area (Å²) in [5.41, 5.74) is 3.37. The van der Waals surface area contributed by atoms with Gasteiger partial charge in [0.05, 0.1) is 11.9 Å². The fraction of sp³-hybridized carbons (Fsp3) is 0.385. The number of nitrogens with one attached hydrogen (secondary N) is 2. The highest BCUT2D eigenvalue weighted by molar-refractivity contribution is 7.92. The van der Waals surface area contributed by atoms with Crippen LogP contribution < -0.4 is 10.1 Å². The van der Waals surface area contributed by atoms with E-state index in [2.05, 4.69) is 15.2 Å². The van der Waals surface area contributed by atoms with Crippen LogP contribution in [0.15, 0.2) is 29.4 Å². The molecule has 2 rings (SSSR count). The van der Waals surface area contributed by atoms with Crippen molar-refractivity contribution < 1.29 is 22.7 Å². The number of hydrazone groups is 1. The van der Waals surface area contributed by atoms with Gasteiger partial charge in [-0.1, -0.05) is 0 Å². The van der Waals surface area contributed by atoms with Crippen LogP contribution in [0.1, 0.15) is 12.5 Å². The van der Waals surface area contributed by atoms with Gasteiger partial charge in [0.1, 0.15) is 0 Å². The smallest absolute Gasteiger partial charge is 0.278 e. The molecule has 1 amide bonds. The molecule has 120 valence electrons. The van der Waals surface area contributed by atoms with Crippen molar-refractivity contribution in [2.24, 2.45) is 5.10 Å². The summed E-state index contributed by atoms with van der Waals surface area (Å²) in [5, 5.41) is 3.78. The molecule has 0 aromatic heterocycles. The first-order valence-corrected chi connectivity index (χ1v) is 8.18. The van der Waals surface area contributed by atoms with Gasteiger partial charge >= 0.3 is 0 Å². The van der Waals surface area contributed by atoms with Crippen LogP contribution in [0.4, 0.5) is 5.69 Å². The second-order valence-electron chi connectivity index (χ2n) is 4.75. The lowest BCUT2D eigenvalue weighted by Crippen LogP contribution is -2.32. The number of ether oxygens (including phenoxy) is 2. The summed E-state index contributed by atoms with van der Waals surface area (Å²) < 4.78 is 36.4. The van der Waals surface area contributed by atoms with Crippen molar-refractivity contribution in [3.63, 3.8) is 0 Å². The Labute approximate surface area is 128 Å². The van der Waals surface area contributed by atoms with E-state index in [0.29, 0.717) is 11.3 Å². The maximum absolute atomic E-state index is 11.9. The van der Waals surface area contributed by atoms with Crippen molar-refractivity contribution in [3.8, 4) is 0 Å². The number of benzene rings is 1. The first-order valence-electron chi connectivity index (χ1n) is 6.52. The lowest BCUT2D eigenvalue weighted by Gasteiger charge is -2.14. The molecule has 0 fully saturated rings. The molecule has 8 nitrogen and oxygen atoms in total. The fourth-order valence-electron chi connectivity index (χ4n) is 1.74. The van der Waals surface area contributed by atoms with E-state index in [-0.39, 0.29) is 24.2 Å². The number of methoxy groups -OCH3 is 1. The minimum absolute atomic E-state index is 0.0951. The lowest BCUT2D eigenvalue weighted by molar-refractivity contribution is -0.124. The van der Waals surface area contributed by atoms with E-state index in [9.17, 15) is 13.2 Å². The topological polar surface area (TPSA) is 106 Å². The molecule has 22 heavy (non-hydrogen) atoms. The van der Waals surface area contributed by atoms with Crippen LogP contribution in [-0.2, 0) is 24.3 Å². The molecule has 2 N–H and O–H groups in total. The van der Waals surface area contributed by atoms with Crippen molar-refractivity contribution in [2.75, 3.05) is 24.2 Å². The molecular weight excluding hydrogens is 310 g/mol. The third kappa shape index (κ3) is 4.43. The zero-order valence-corrected chi connectivity index (χ0v) is 13.0. The Morgan fingerprint density at radius 2 is 2.09 bits per heavy atom. The highest BCUT2D eigenvalue weighted by Gasteiger charge is 2.17. The van der Waals surface area contributed by atoms with E-state index in [1.54, 1.807) is 31.2 Å². The van der Waals surface area contributed by atoms with Crippen LogP contribution in [0.2, 0.25) is 0 Å². The number of anilines is 1. The Morgan fingerprint density at radius 1 is 1.41 bits per heavy atom. The summed E-state index contributed by atoms with van der Waals surface area (Å²) in [6, 6.07) is 6.47. The second kappa shape index (κ2) is 6.75. The Balaban J connectivity index is 2.05. The molecular formula is C13H17N3O5S. The summed E-state index contributed by atoms with van der Waals surface area (Å²) in [6.45, 7) is 1.58. The molecule has 0 saturated carbocycles. The van der Waals surface area contributed by atoms with Crippen LogP contribution in [0.25, 0.3) is 0 Å². The predicted molar refractivity (Wildman–Crippen MR) is 81.0 cm³/mol. The van der Waals surface area contributed by atoms with E-state index in [0.717, 1.165) is 0 Å². The second-order valence-corrected chi connectivity index (χ2v) is 6.51. The van der Waals surface area contributed by atoms with Crippen molar-refractivity contribution >= 4 is 27.5 Å². The van der Waals surface area contributed by atoms with Crippen molar-refractivity contribution in [3.05, 3.63) is 29.8 Å². The first kappa shape index (κ1) is 16.2. The van der Waals surface area contributed by atoms with Gasteiger partial charge in [0.2, 0.25) is 15.9 Å². The first-order chi connectivity index (χ1) is 10.4. The Hall–Kier alpha value is -2.13. The maximum atomic E-state index is 11.9. The van der Waals surface area contributed by atoms with Crippen molar-refractivity contribution in [2.45, 2.75) is 13.0 Å². The van der Waals surface area contributed by atoms with E-state index < -0.39 is 16.1 Å². The molecule has 1 aliphatic rings. The number of amides is 1. The van der Waals surface area contributed by atoms with Crippen LogP contribution in [-0.4, -0.2) is 45.8 Å². The van der Waals surface area contributed by atoms with Crippen molar-refractivity contribution in [1.29, 1.82) is 0 Å². The highest BCUT2D eigenvalue weighted by Crippen LogP contribution is 2.14. The molecule has 1 heterocycles. The quantitative estimate of drug-likeness (QED) is 0.780. The van der Waals surface area contributed by atoms with Crippen LogP contribution in [0, 0.1) is 0 Å². The van der Waals surface area contributed by atoms with Gasteiger partial charge in [-0.25, -0.2) is 13.8 Å². The number of hydrogen-bond donors (Lipinski definition) is 2. The fourth-order valence-corrected chi connectivity index (χ4v) is 3.07. The Kier molecular flexibility index (Phi) is 4.99. The minimum atomic E-state index is -3.48. The van der Waals surface area contributed by atoms with Crippen molar-refractivity contribution in [1.82, 2.24) is 5.43 Å². The van der Waals surface area contributed by atoms with Gasteiger partial charge in [-0.3, -0.25) is 9.52 Å². The number of rotatable bonds is 6. The zero-order valence-electron chi connectivity index (χ0n) is 12.2. The summed E-state index contributed by atoms with van der Waals surface area (Å²) >= 11 is 0. The van der Waals surface area contributed by atoms with E-state index in [1.807, 2.05) is 0 Å². The van der Waals surface area contributed by atoms with E-state index in [4.69, 9.17) is 9.47 Å². The Bertz CT molecular complexity index is 669. The van der Waals surface area contributed by atoms with Gasteiger partial charge in [-0.2, -0.15) is 0 Å². The van der Waals surface area contributed by atoms with E-state index >= 15 is 0 Å². The van der Waals surface area contributed by atoms with Gasteiger partial charge in [0.25, 0.3) is 5.91 Å². The molecule has 1 unspecified atom stereocenters. The van der Waals surface area contributed by atoms with Gasteiger partial charge < -0.3 is 9.47 Å². The highest BCUT2D eigenvalue weighted by atomic mass is 32.2. The normalized spacial score (nSPS) is 16.3. The summed E-state index contributed by atoms with van der Waals surface area (Å²) in [6.07, 6.45) is -0.398. The predicted octanol–water partition coefficient (Wildman–Crippen LogP) is 0.271. The van der Waals surface area contributed by atoms with Crippen LogP contribution >= 0.6 is 0 Å². The summed E-state index contributed by atoms with van der Waals surface area (Å²) in [4.78, 5) is 10.9. The third-order valence-corrected chi connectivity index (χ3v) is 4.34. The molecule has 9 heteroatoms. The number of hydrogen-bond acceptors (Lipinski definition) is 6. The zero-order chi connectivity index (χ0) is 16.2. The monoisotopic (exact) mass is 327 g/mol. The largest absolute Gasteiger partial charge is 0.466 e. The standard InChI is InChI=1S/C13H17N3O5S/c1-9(20-2)8-22(18,19)16-11-5-3-10(4-6-11)13-15-14-12(17)7-21-13/h3-6,9,16H,7-8H2,1-2H3,(H,14,17). The number of carbonyl (C=O) groups is 1. The van der Waals surface area contributed by atoms with Crippen LogP contribution in [0.5, 0.6) is 0 Å². The van der Waals surface area contributed by atoms with Gasteiger partial charge in [-0.05, 0) is 31.2 Å². The maximum Gasteiger partial charge on any atom is 0.278 e. The molecule has 0 saturated heterocycles. The SMILES string of the molecule is COC(C)CS(=O)(=O)Nc1ccc(C2=NNC(=O)CO2)cc1. The molecule has 1 aromatic carbocycles. The Morgan fingerprint density at radius 3 is 2.64 bits per heavy atom. The molecule has 1 atom stereocenters. The molecule has 0 radical (unpaired) electrons.